The lowest BCUT2D eigenvalue weighted by molar-refractivity contribution is -0.157. The second-order valence-electron chi connectivity index (χ2n) is 26.1. The Bertz CT molecular complexity index is 2330. The van der Waals surface area contributed by atoms with E-state index in [9.17, 15) is 48.3 Å². The lowest BCUT2D eigenvalue weighted by Gasteiger charge is -2.41. The minimum absolute atomic E-state index is 0.0229. The molecule has 0 spiro atoms. The number of likely N-dealkylation sites (N-methyl/N-ethyl adjacent to an activating group) is 7. The first-order valence-corrected chi connectivity index (χ1v) is 30.6. The van der Waals surface area contributed by atoms with Crippen molar-refractivity contribution in [2.24, 2.45) is 41.4 Å². The van der Waals surface area contributed by atoms with Crippen LogP contribution in [0.3, 0.4) is 0 Å². The van der Waals surface area contributed by atoms with Crippen LogP contribution in [0.25, 0.3) is 0 Å². The van der Waals surface area contributed by atoms with Crippen LogP contribution in [0.2, 0.25) is 0 Å². The van der Waals surface area contributed by atoms with Crippen LogP contribution in [0.4, 0.5) is 0 Å². The first-order valence-electron chi connectivity index (χ1n) is 30.6. The third-order valence-electron chi connectivity index (χ3n) is 16.1. The predicted octanol–water partition coefficient (Wildman–Crippen LogP) is 3.27. The molecule has 23 heteroatoms. The number of nitrogens with zero attached hydrogens (tertiary/aromatic N) is 7. The maximum absolute atomic E-state index is 15.1. The summed E-state index contributed by atoms with van der Waals surface area (Å²) in [5.74, 6) is -9.71. The highest BCUT2D eigenvalue weighted by Crippen LogP contribution is 2.26. The number of carbonyl (C=O) groups excluding carboxylic acids is 11. The summed E-state index contributed by atoms with van der Waals surface area (Å²) in [7, 11) is 9.92. The van der Waals surface area contributed by atoms with Crippen molar-refractivity contribution in [2.45, 2.75) is 223 Å². The molecule has 1 aliphatic heterocycles. The van der Waals surface area contributed by atoms with Crippen LogP contribution in [0.5, 0.6) is 0 Å². The summed E-state index contributed by atoms with van der Waals surface area (Å²) < 4.78 is 0. The Hall–Kier alpha value is -6.13. The second kappa shape index (κ2) is 34.9. The van der Waals surface area contributed by atoms with Crippen molar-refractivity contribution < 1.29 is 57.8 Å². The Balaban J connectivity index is 4.32. The number of hydrogen-bond acceptors (Lipinski definition) is 12. The fraction of sp³-hybridized carbons (Fsp3) is 0.790. The molecular formula is C62H111N11O12. The molecule has 0 bridgehead atoms. The number of nitrogens with one attached hydrogen (secondary N) is 4. The number of aliphatic hydroxyl groups excluding tert-OH is 1. The predicted molar refractivity (Wildman–Crippen MR) is 328 cm³/mol. The zero-order chi connectivity index (χ0) is 66.0. The molecule has 0 radical (unpaired) electrons. The SMILES string of the molecule is C/C=C/CC(C)C(O)[C@H]1C(=O)N[C@@H](CC)C(=O)N(C)CC(=O)N(C)[C@@H](CC(C)C)C(=O)N[C@@H](C(C)C)C(=O)N(C)[C@@H](CC(C)C)C(=O)N[C@@H](C)C(=O)N[C@H](C)C(=O)N(C)[C@@H](CC(C)C)C(=O)N(C)[C@@H](CC(C)C)C(=O)N(C)[C@@H](C(C)C)C(=O)N1C. The zero-order valence-corrected chi connectivity index (χ0v) is 56.1. The first kappa shape index (κ1) is 76.9. The minimum atomic E-state index is -1.61. The standard InChI is InChI=1S/C62H111N11O12/c1-25-27-28-40(15)52(75)51-56(79)65-43(26-2)58(81)67(18)33-48(74)68(19)44(29-34(3)4)55(78)66-49(38(11)12)61(84)69(20)45(30-35(5)6)54(77)63-41(16)53(76)64-42(17)57(80)70(21)46(31-36(7)8)59(82)71(22)47(32-37(9)10)60(83)72(23)50(39(13)14)62(85)73(51)24/h25,27,34-47,49-52,75H,26,28-33H2,1-24H3,(H,63,77)(H,64,76)(H,65,79)(H,66,78)/b27-25+/t40?,41-,42+,43-,44-,45-,46-,47-,49-,50-,51-,52?/m0/s1. The Morgan fingerprint density at radius 2 is 0.871 bits per heavy atom. The molecule has 5 N–H and O–H groups in total. The number of carbonyl (C=O) groups is 11. The molecule has 1 saturated heterocycles. The van der Waals surface area contributed by atoms with Crippen molar-refractivity contribution in [3.8, 4) is 0 Å². The molecule has 0 aromatic rings. The van der Waals surface area contributed by atoms with Gasteiger partial charge in [-0.2, -0.15) is 0 Å². The Labute approximate surface area is 508 Å². The Morgan fingerprint density at radius 1 is 0.459 bits per heavy atom. The zero-order valence-electron chi connectivity index (χ0n) is 56.1. The summed E-state index contributed by atoms with van der Waals surface area (Å²) in [6, 6.07) is -12.3. The van der Waals surface area contributed by atoms with E-state index in [1.54, 1.807) is 54.5 Å². The van der Waals surface area contributed by atoms with Crippen LogP contribution in [-0.4, -0.2) is 227 Å². The van der Waals surface area contributed by atoms with E-state index in [0.717, 1.165) is 9.80 Å². The van der Waals surface area contributed by atoms with Gasteiger partial charge in [0.05, 0.1) is 12.6 Å². The molecular weight excluding hydrogens is 1090 g/mol. The van der Waals surface area contributed by atoms with E-state index in [-0.39, 0.29) is 55.8 Å². The average molecular weight is 1200 g/mol. The van der Waals surface area contributed by atoms with E-state index in [0.29, 0.717) is 6.42 Å². The third kappa shape index (κ3) is 21.7. The summed E-state index contributed by atoms with van der Waals surface area (Å²) in [5, 5.41) is 23.1. The topological polar surface area (TPSA) is 279 Å². The molecule has 11 amide bonds. The van der Waals surface area contributed by atoms with Crippen molar-refractivity contribution in [2.75, 3.05) is 55.9 Å². The van der Waals surface area contributed by atoms with Crippen molar-refractivity contribution >= 4 is 65.0 Å². The van der Waals surface area contributed by atoms with Gasteiger partial charge in [-0.15, -0.1) is 0 Å². The number of aliphatic hydroxyl groups is 1. The summed E-state index contributed by atoms with van der Waals surface area (Å²) in [6.45, 7) is 29.3. The molecule has 12 atom stereocenters. The van der Waals surface area contributed by atoms with E-state index >= 15 is 9.59 Å². The van der Waals surface area contributed by atoms with Gasteiger partial charge in [-0.1, -0.05) is 109 Å². The van der Waals surface area contributed by atoms with E-state index in [1.807, 2.05) is 61.5 Å². The number of allylic oxidation sites excluding steroid dienone is 2. The summed E-state index contributed by atoms with van der Waals surface area (Å²) >= 11 is 0. The quantitative estimate of drug-likeness (QED) is 0.148. The lowest BCUT2D eigenvalue weighted by Crippen LogP contribution is -2.63. The fourth-order valence-electron chi connectivity index (χ4n) is 10.7. The van der Waals surface area contributed by atoms with Crippen LogP contribution in [0.1, 0.15) is 156 Å². The summed E-state index contributed by atoms with van der Waals surface area (Å²) in [6.07, 6.45) is 3.04. The number of rotatable bonds is 15. The lowest BCUT2D eigenvalue weighted by atomic mass is 9.91. The number of amides is 11. The minimum Gasteiger partial charge on any atom is -0.390 e. The largest absolute Gasteiger partial charge is 0.390 e. The van der Waals surface area contributed by atoms with Crippen LogP contribution in [0, 0.1) is 41.4 Å². The van der Waals surface area contributed by atoms with Crippen LogP contribution in [-0.2, 0) is 52.7 Å². The van der Waals surface area contributed by atoms with E-state index < -0.39 is 156 Å². The van der Waals surface area contributed by atoms with Gasteiger partial charge in [0.2, 0.25) is 65.0 Å². The molecule has 1 rings (SSSR count). The van der Waals surface area contributed by atoms with Gasteiger partial charge in [0.1, 0.15) is 60.4 Å². The van der Waals surface area contributed by atoms with Gasteiger partial charge in [0, 0.05) is 49.3 Å². The molecule has 0 saturated carbocycles. The van der Waals surface area contributed by atoms with Crippen molar-refractivity contribution in [3.63, 3.8) is 0 Å². The monoisotopic (exact) mass is 1200 g/mol. The van der Waals surface area contributed by atoms with E-state index in [2.05, 4.69) is 21.3 Å². The smallest absolute Gasteiger partial charge is 0.246 e. The molecule has 0 aromatic carbocycles. The van der Waals surface area contributed by atoms with Gasteiger partial charge in [-0.05, 0) is 101 Å². The van der Waals surface area contributed by atoms with Gasteiger partial charge < -0.3 is 60.7 Å². The highest BCUT2D eigenvalue weighted by atomic mass is 16.3. The fourth-order valence-corrected chi connectivity index (χ4v) is 10.7. The van der Waals surface area contributed by atoms with Gasteiger partial charge >= 0.3 is 0 Å². The summed E-state index contributed by atoms with van der Waals surface area (Å²) in [4.78, 5) is 169. The van der Waals surface area contributed by atoms with E-state index in [1.165, 1.54) is 87.7 Å². The molecule has 2 unspecified atom stereocenters. The Kier molecular flexibility index (Phi) is 31.5. The third-order valence-corrected chi connectivity index (χ3v) is 16.1. The van der Waals surface area contributed by atoms with Crippen LogP contribution < -0.4 is 21.3 Å². The second-order valence-corrected chi connectivity index (χ2v) is 26.1. The van der Waals surface area contributed by atoms with Crippen LogP contribution in [0.15, 0.2) is 12.2 Å². The maximum Gasteiger partial charge on any atom is 0.246 e. The summed E-state index contributed by atoms with van der Waals surface area (Å²) in [5.41, 5.74) is 0. The van der Waals surface area contributed by atoms with Crippen LogP contribution >= 0.6 is 0 Å². The van der Waals surface area contributed by atoms with Gasteiger partial charge in [-0.25, -0.2) is 0 Å². The molecule has 1 heterocycles. The highest BCUT2D eigenvalue weighted by molar-refractivity contribution is 5.99. The van der Waals surface area contributed by atoms with Crippen molar-refractivity contribution in [1.82, 2.24) is 55.6 Å². The Morgan fingerprint density at radius 3 is 1.32 bits per heavy atom. The highest BCUT2D eigenvalue weighted by Gasteiger charge is 2.45. The normalized spacial score (nSPS) is 26.9. The van der Waals surface area contributed by atoms with E-state index in [4.69, 9.17) is 0 Å². The molecule has 0 aromatic heterocycles. The molecule has 1 aliphatic rings. The molecule has 0 aliphatic carbocycles. The molecule has 85 heavy (non-hydrogen) atoms. The van der Waals surface area contributed by atoms with Crippen molar-refractivity contribution in [3.05, 3.63) is 12.2 Å². The molecule has 1 fully saturated rings. The first-order chi connectivity index (χ1) is 39.2. The average Bonchev–Trinajstić information content (AvgIpc) is 3.62. The molecule has 23 nitrogen and oxygen atoms in total. The van der Waals surface area contributed by atoms with Gasteiger partial charge in [-0.3, -0.25) is 52.7 Å². The van der Waals surface area contributed by atoms with Gasteiger partial charge in [0.25, 0.3) is 0 Å². The maximum atomic E-state index is 15.1. The van der Waals surface area contributed by atoms with Crippen molar-refractivity contribution in [1.29, 1.82) is 0 Å². The van der Waals surface area contributed by atoms with Gasteiger partial charge in [0.15, 0.2) is 0 Å². The number of hydrogen-bond donors (Lipinski definition) is 5. The molecule has 486 valence electrons.